The van der Waals surface area contributed by atoms with Crippen LogP contribution in [0.1, 0.15) is 36.4 Å². The zero-order valence-corrected chi connectivity index (χ0v) is 21.9. The van der Waals surface area contributed by atoms with E-state index in [2.05, 4.69) is 9.39 Å². The molecular formula is C23H24N6O5S2. The Morgan fingerprint density at radius 1 is 1.22 bits per heavy atom. The minimum Gasteiger partial charge on any atom is -0.317 e. The van der Waals surface area contributed by atoms with Crippen molar-refractivity contribution in [3.63, 3.8) is 0 Å². The van der Waals surface area contributed by atoms with Crippen molar-refractivity contribution >= 4 is 55.6 Å². The van der Waals surface area contributed by atoms with Crippen molar-refractivity contribution in [3.8, 4) is 5.69 Å². The number of amides is 1. The molecule has 1 aromatic heterocycles. The number of carbonyl (C=O) groups is 1. The molecule has 2 aliphatic heterocycles. The van der Waals surface area contributed by atoms with E-state index in [9.17, 15) is 23.3 Å². The fourth-order valence-corrected chi connectivity index (χ4v) is 6.86. The summed E-state index contributed by atoms with van der Waals surface area (Å²) in [6.07, 6.45) is 1.49. The molecule has 1 aromatic carbocycles. The summed E-state index contributed by atoms with van der Waals surface area (Å²) in [6.45, 7) is 9.01. The monoisotopic (exact) mass is 528 g/mol. The van der Waals surface area contributed by atoms with Crippen LogP contribution in [0.5, 0.6) is 0 Å². The summed E-state index contributed by atoms with van der Waals surface area (Å²) in [7, 11) is -3.80. The number of hydrogen-bond acceptors (Lipinski definition) is 8. The number of aryl methyl sites for hydroxylation is 2. The number of nitrogens with zero attached hydrogens (tertiary/aromatic N) is 5. The molecule has 0 radical (unpaired) electrons. The van der Waals surface area contributed by atoms with E-state index in [4.69, 9.17) is 5.41 Å². The van der Waals surface area contributed by atoms with E-state index in [0.29, 0.717) is 16.9 Å². The lowest BCUT2D eigenvalue weighted by molar-refractivity contribution is -0.384. The van der Waals surface area contributed by atoms with Gasteiger partial charge in [-0.1, -0.05) is 19.9 Å². The second-order valence-electron chi connectivity index (χ2n) is 8.97. The Balaban J connectivity index is 1.77. The van der Waals surface area contributed by atoms with E-state index >= 15 is 0 Å². The normalized spacial score (nSPS) is 17.1. The molecule has 3 heterocycles. The van der Waals surface area contributed by atoms with Crippen molar-refractivity contribution in [2.45, 2.75) is 34.6 Å². The van der Waals surface area contributed by atoms with E-state index in [1.165, 1.54) is 18.2 Å². The van der Waals surface area contributed by atoms with Crippen molar-refractivity contribution in [1.29, 1.82) is 5.41 Å². The Morgan fingerprint density at radius 3 is 2.56 bits per heavy atom. The first-order valence-electron chi connectivity index (χ1n) is 11.0. The van der Waals surface area contributed by atoms with Gasteiger partial charge in [-0.3, -0.25) is 20.3 Å². The lowest BCUT2D eigenvalue weighted by atomic mass is 10.1. The zero-order chi connectivity index (χ0) is 26.5. The summed E-state index contributed by atoms with van der Waals surface area (Å²) in [5.41, 5.74) is 3.37. The number of aromatic nitrogens is 1. The Hall–Kier alpha value is -3.58. The molecule has 11 nitrogen and oxygen atoms in total. The number of fused-ring (bicyclic) bond motifs is 1. The highest BCUT2D eigenvalue weighted by molar-refractivity contribution is 8.16. The molecule has 188 valence electrons. The molecular weight excluding hydrogens is 504 g/mol. The average molecular weight is 529 g/mol. The van der Waals surface area contributed by atoms with Crippen LogP contribution < -0.4 is 0 Å². The third kappa shape index (κ3) is 4.39. The van der Waals surface area contributed by atoms with Gasteiger partial charge in [0, 0.05) is 23.5 Å². The molecule has 1 N–H and O–H groups in total. The Kier molecular flexibility index (Phi) is 6.47. The molecule has 1 amide bonds. The van der Waals surface area contributed by atoms with Crippen molar-refractivity contribution in [2.75, 3.05) is 5.75 Å². The molecule has 0 atom stereocenters. The molecule has 0 saturated heterocycles. The molecule has 2 aliphatic rings. The van der Waals surface area contributed by atoms with Crippen LogP contribution in [0.2, 0.25) is 0 Å². The quantitative estimate of drug-likeness (QED) is 0.267. The number of nitro benzene ring substituents is 1. The number of carbonyl (C=O) groups excluding carboxylic acids is 1. The number of non-ortho nitro benzene ring substituents is 1. The summed E-state index contributed by atoms with van der Waals surface area (Å²) in [5, 5.41) is 19.7. The molecule has 0 fully saturated rings. The molecule has 0 aliphatic carbocycles. The fraction of sp³-hybridized carbons (Fsp3) is 0.304. The Labute approximate surface area is 212 Å². The summed E-state index contributed by atoms with van der Waals surface area (Å²) in [6, 6.07) is 6.39. The van der Waals surface area contributed by atoms with Gasteiger partial charge in [-0.05, 0) is 50.0 Å². The van der Waals surface area contributed by atoms with Gasteiger partial charge in [0.2, 0.25) is 20.2 Å². The van der Waals surface area contributed by atoms with Crippen LogP contribution in [0.25, 0.3) is 11.8 Å². The first kappa shape index (κ1) is 25.5. The molecule has 0 unspecified atom stereocenters. The largest absolute Gasteiger partial charge is 0.317 e. The predicted molar refractivity (Wildman–Crippen MR) is 140 cm³/mol. The predicted octanol–water partition coefficient (Wildman–Crippen LogP) is 3.96. The minimum atomic E-state index is -3.80. The Morgan fingerprint density at radius 2 is 1.92 bits per heavy atom. The van der Waals surface area contributed by atoms with Gasteiger partial charge in [0.05, 0.1) is 33.9 Å². The van der Waals surface area contributed by atoms with E-state index in [1.54, 1.807) is 32.9 Å². The van der Waals surface area contributed by atoms with Crippen molar-refractivity contribution < 1.29 is 18.1 Å². The summed E-state index contributed by atoms with van der Waals surface area (Å²) < 4.78 is 31.6. The summed E-state index contributed by atoms with van der Waals surface area (Å²) >= 11 is 0.753. The van der Waals surface area contributed by atoms with Gasteiger partial charge in [0.15, 0.2) is 0 Å². The number of rotatable bonds is 5. The van der Waals surface area contributed by atoms with Crippen LogP contribution in [0.15, 0.2) is 39.2 Å². The van der Waals surface area contributed by atoms with Gasteiger partial charge in [-0.2, -0.15) is 9.39 Å². The smallest absolute Gasteiger partial charge is 0.283 e. The third-order valence-corrected chi connectivity index (χ3v) is 8.49. The SMILES string of the molecule is Cc1ccc([N+](=O)[O-])cc1-n1c(C)cc(/C=C2/C(=N)N3C(=NC2=O)SN=C3S(=O)(=O)CC(C)C)c1C. The highest BCUT2D eigenvalue weighted by atomic mass is 32.2. The fourth-order valence-electron chi connectivity index (χ4n) is 4.13. The molecule has 4 rings (SSSR count). The molecule has 13 heteroatoms. The number of benzene rings is 1. The average Bonchev–Trinajstić information content (AvgIpc) is 3.32. The second kappa shape index (κ2) is 9.13. The van der Waals surface area contributed by atoms with Gasteiger partial charge in [0.1, 0.15) is 5.84 Å². The molecule has 2 aromatic rings. The van der Waals surface area contributed by atoms with Gasteiger partial charge in [-0.25, -0.2) is 13.3 Å². The zero-order valence-electron chi connectivity index (χ0n) is 20.3. The van der Waals surface area contributed by atoms with Crippen LogP contribution in [0.4, 0.5) is 5.69 Å². The number of amidine groups is 3. The van der Waals surface area contributed by atoms with Crippen LogP contribution in [0, 0.1) is 42.2 Å². The van der Waals surface area contributed by atoms with Gasteiger partial charge in [0.25, 0.3) is 11.6 Å². The lowest BCUT2D eigenvalue weighted by Gasteiger charge is -2.24. The van der Waals surface area contributed by atoms with Crippen molar-refractivity contribution in [1.82, 2.24) is 9.47 Å². The van der Waals surface area contributed by atoms with Crippen LogP contribution in [-0.4, -0.2) is 50.6 Å². The van der Waals surface area contributed by atoms with Gasteiger partial charge >= 0.3 is 0 Å². The van der Waals surface area contributed by atoms with Crippen LogP contribution >= 0.6 is 11.9 Å². The molecule has 36 heavy (non-hydrogen) atoms. The third-order valence-electron chi connectivity index (χ3n) is 5.74. The summed E-state index contributed by atoms with van der Waals surface area (Å²) in [4.78, 5) is 28.7. The van der Waals surface area contributed by atoms with Crippen molar-refractivity contribution in [3.05, 3.63) is 62.5 Å². The second-order valence-corrected chi connectivity index (χ2v) is 11.6. The number of hydrogen-bond donors (Lipinski definition) is 1. The number of nitrogens with one attached hydrogen (secondary N) is 1. The maximum atomic E-state index is 12.9. The van der Waals surface area contributed by atoms with Gasteiger partial charge in [-0.15, -0.1) is 0 Å². The lowest BCUT2D eigenvalue weighted by Crippen LogP contribution is -2.46. The van der Waals surface area contributed by atoms with E-state index < -0.39 is 20.7 Å². The Bertz CT molecular complexity index is 1530. The number of aliphatic imine (C=N–C) groups is 1. The first-order chi connectivity index (χ1) is 16.8. The standard InChI is InChI=1S/C23H24N6O5S2/c1-12(2)11-36(33,34)23-26-35-22-25-21(30)18(20(24)28(22)23)9-16-8-14(4)27(15(16)5)19-10-17(29(31)32)7-6-13(19)3/h6-10,12,24H,11H2,1-5H3/b18-9-,24-20?. The highest BCUT2D eigenvalue weighted by Crippen LogP contribution is 2.32. The van der Waals surface area contributed by atoms with Crippen LogP contribution in [-0.2, 0) is 14.6 Å². The van der Waals surface area contributed by atoms with Gasteiger partial charge < -0.3 is 4.57 Å². The van der Waals surface area contributed by atoms with E-state index in [0.717, 1.165) is 28.1 Å². The minimum absolute atomic E-state index is 0.0298. The topological polar surface area (TPSA) is 151 Å². The number of nitro groups is 1. The highest BCUT2D eigenvalue weighted by Gasteiger charge is 2.42. The molecule has 0 spiro atoms. The van der Waals surface area contributed by atoms with E-state index in [1.807, 2.05) is 18.4 Å². The van der Waals surface area contributed by atoms with Crippen molar-refractivity contribution in [2.24, 2.45) is 15.3 Å². The number of sulfone groups is 1. The maximum Gasteiger partial charge on any atom is 0.283 e. The molecule has 0 bridgehead atoms. The maximum absolute atomic E-state index is 12.9. The first-order valence-corrected chi connectivity index (χ1v) is 13.4. The van der Waals surface area contributed by atoms with Crippen LogP contribution in [0.3, 0.4) is 0 Å². The summed E-state index contributed by atoms with van der Waals surface area (Å²) in [5.74, 6) is -1.30. The molecule has 0 saturated carbocycles. The van der Waals surface area contributed by atoms with E-state index in [-0.39, 0.29) is 39.1 Å².